The van der Waals surface area contributed by atoms with Crippen molar-refractivity contribution in [3.8, 4) is 5.75 Å². The number of hydrogen-bond acceptors (Lipinski definition) is 2. The summed E-state index contributed by atoms with van der Waals surface area (Å²) in [6.07, 6.45) is 0. The van der Waals surface area contributed by atoms with Crippen molar-refractivity contribution in [2.75, 3.05) is 13.2 Å². The van der Waals surface area contributed by atoms with E-state index in [1.165, 1.54) is 0 Å². The molecule has 0 aliphatic rings. The van der Waals surface area contributed by atoms with Crippen molar-refractivity contribution in [2.24, 2.45) is 0 Å². The van der Waals surface area contributed by atoms with Gasteiger partial charge in [-0.1, -0.05) is 45.7 Å². The first-order valence-electron chi connectivity index (χ1n) is 4.67. The lowest BCUT2D eigenvalue weighted by atomic mass is 10.3. The molecule has 0 spiro atoms. The zero-order valence-corrected chi connectivity index (χ0v) is 11.9. The number of ether oxygens (including phenoxy) is 1. The van der Waals surface area contributed by atoms with Crippen molar-refractivity contribution >= 4 is 45.0 Å². The summed E-state index contributed by atoms with van der Waals surface area (Å²) >= 11 is 14.7. The molecule has 0 aromatic heterocycles. The Hall–Kier alpha value is -0.710. The molecule has 6 heteroatoms. The third-order valence-corrected chi connectivity index (χ3v) is 2.76. The zero-order valence-electron chi connectivity index (χ0n) is 8.80. The molecule has 3 nitrogen and oxygen atoms in total. The smallest absolute Gasteiger partial charge is 0.258 e. The highest BCUT2D eigenvalue weighted by molar-refractivity contribution is 9.11. The van der Waals surface area contributed by atoms with E-state index in [0.717, 1.165) is 0 Å². The highest BCUT2D eigenvalue weighted by Crippen LogP contribution is 2.26. The Morgan fingerprint density at radius 3 is 2.71 bits per heavy atom. The number of hydrogen-bond donors (Lipinski definition) is 1. The first-order chi connectivity index (χ1) is 7.99. The minimum atomic E-state index is -0.239. The molecule has 1 aromatic rings. The third-order valence-electron chi connectivity index (χ3n) is 1.74. The molecule has 1 amide bonds. The molecule has 0 saturated heterocycles. The van der Waals surface area contributed by atoms with E-state index in [0.29, 0.717) is 26.8 Å². The van der Waals surface area contributed by atoms with Crippen LogP contribution in [0.4, 0.5) is 0 Å². The van der Waals surface area contributed by atoms with Gasteiger partial charge in [-0.25, -0.2) is 0 Å². The fourth-order valence-corrected chi connectivity index (χ4v) is 1.39. The molecule has 0 bridgehead atoms. The molecule has 0 aliphatic heterocycles. The Labute approximate surface area is 118 Å². The summed E-state index contributed by atoms with van der Waals surface area (Å²) < 4.78 is 5.93. The predicted molar refractivity (Wildman–Crippen MR) is 73.0 cm³/mol. The number of carbonyl (C=O) groups excluding carboxylic acids is 1. The Balaban J connectivity index is 2.42. The summed E-state index contributed by atoms with van der Waals surface area (Å²) in [5.41, 5.74) is 0. The molecule has 0 radical (unpaired) electrons. The number of nitrogens with one attached hydrogen (secondary N) is 1. The summed E-state index contributed by atoms with van der Waals surface area (Å²) in [5.74, 6) is 0.254. The van der Waals surface area contributed by atoms with E-state index in [1.807, 2.05) is 0 Å². The normalized spacial score (nSPS) is 9.82. The number of benzene rings is 1. The quantitative estimate of drug-likeness (QED) is 0.893. The molecule has 0 atom stereocenters. The first kappa shape index (κ1) is 14.4. The van der Waals surface area contributed by atoms with Crippen molar-refractivity contribution < 1.29 is 9.53 Å². The van der Waals surface area contributed by atoms with Crippen LogP contribution in [0.5, 0.6) is 5.75 Å². The fourth-order valence-electron chi connectivity index (χ4n) is 0.961. The average molecular weight is 339 g/mol. The summed E-state index contributed by atoms with van der Waals surface area (Å²) in [7, 11) is 0. The number of amides is 1. The Morgan fingerprint density at radius 1 is 1.41 bits per heavy atom. The van der Waals surface area contributed by atoms with Gasteiger partial charge in [0.05, 0.1) is 10.0 Å². The molecule has 1 N–H and O–H groups in total. The van der Waals surface area contributed by atoms with Gasteiger partial charge in [-0.2, -0.15) is 0 Å². The maximum absolute atomic E-state index is 11.3. The van der Waals surface area contributed by atoms with Crippen molar-refractivity contribution in [1.82, 2.24) is 5.32 Å². The summed E-state index contributed by atoms with van der Waals surface area (Å²) in [5, 5.41) is 3.44. The summed E-state index contributed by atoms with van der Waals surface area (Å²) in [6.45, 7) is 3.88. The number of carbonyl (C=O) groups is 1. The molecular formula is C11H10BrCl2NO2. The highest BCUT2D eigenvalue weighted by Gasteiger charge is 2.04. The van der Waals surface area contributed by atoms with Crippen LogP contribution in [-0.4, -0.2) is 19.1 Å². The monoisotopic (exact) mass is 337 g/mol. The highest BCUT2D eigenvalue weighted by atomic mass is 79.9. The lowest BCUT2D eigenvalue weighted by Crippen LogP contribution is -2.29. The minimum absolute atomic E-state index is 0.0851. The lowest BCUT2D eigenvalue weighted by molar-refractivity contribution is -0.122. The SMILES string of the molecule is C=C(Br)CNC(=O)COc1ccc(Cl)c(Cl)c1. The molecule has 17 heavy (non-hydrogen) atoms. The van der Waals surface area contributed by atoms with Crippen molar-refractivity contribution in [1.29, 1.82) is 0 Å². The van der Waals surface area contributed by atoms with Gasteiger partial charge in [0.1, 0.15) is 5.75 Å². The summed E-state index contributed by atoms with van der Waals surface area (Å²) in [6, 6.07) is 4.81. The van der Waals surface area contributed by atoms with Crippen LogP contribution in [-0.2, 0) is 4.79 Å². The van der Waals surface area contributed by atoms with Crippen LogP contribution < -0.4 is 10.1 Å². The minimum Gasteiger partial charge on any atom is -0.484 e. The molecule has 0 aliphatic carbocycles. The van der Waals surface area contributed by atoms with E-state index < -0.39 is 0 Å². The van der Waals surface area contributed by atoms with E-state index in [1.54, 1.807) is 18.2 Å². The van der Waals surface area contributed by atoms with E-state index >= 15 is 0 Å². The van der Waals surface area contributed by atoms with E-state index in [2.05, 4.69) is 27.8 Å². The van der Waals surface area contributed by atoms with Gasteiger partial charge >= 0.3 is 0 Å². The van der Waals surface area contributed by atoms with Gasteiger partial charge in [-0.15, -0.1) is 0 Å². The van der Waals surface area contributed by atoms with Crippen molar-refractivity contribution in [3.05, 3.63) is 39.3 Å². The molecule has 1 rings (SSSR count). The number of rotatable bonds is 5. The largest absolute Gasteiger partial charge is 0.484 e. The topological polar surface area (TPSA) is 38.3 Å². The van der Waals surface area contributed by atoms with Gasteiger partial charge < -0.3 is 10.1 Å². The standard InChI is InChI=1S/C11H10BrCl2NO2/c1-7(12)5-15-11(16)6-17-8-2-3-9(13)10(14)4-8/h2-4H,1,5-6H2,(H,15,16). The fraction of sp³-hybridized carbons (Fsp3) is 0.182. The zero-order chi connectivity index (χ0) is 12.8. The van der Waals surface area contributed by atoms with E-state index in [4.69, 9.17) is 27.9 Å². The summed E-state index contributed by atoms with van der Waals surface area (Å²) in [4.78, 5) is 11.3. The van der Waals surface area contributed by atoms with Gasteiger partial charge in [0.2, 0.25) is 0 Å². The van der Waals surface area contributed by atoms with Gasteiger partial charge in [-0.05, 0) is 12.1 Å². The molecule has 1 aromatic carbocycles. The third kappa shape index (κ3) is 5.44. The Bertz CT molecular complexity index is 437. The predicted octanol–water partition coefficient (Wildman–Crippen LogP) is 3.40. The van der Waals surface area contributed by atoms with Crippen molar-refractivity contribution in [2.45, 2.75) is 0 Å². The van der Waals surface area contributed by atoms with Crippen molar-refractivity contribution in [3.63, 3.8) is 0 Å². The van der Waals surface area contributed by atoms with Gasteiger partial charge in [0.15, 0.2) is 6.61 Å². The van der Waals surface area contributed by atoms with E-state index in [9.17, 15) is 4.79 Å². The van der Waals surface area contributed by atoms with Crippen LogP contribution in [0.15, 0.2) is 29.3 Å². The molecule has 0 saturated carbocycles. The molecule has 0 fully saturated rings. The van der Waals surface area contributed by atoms with Crippen LogP contribution >= 0.6 is 39.1 Å². The average Bonchev–Trinajstić information content (AvgIpc) is 2.28. The maximum atomic E-state index is 11.3. The number of halogens is 3. The molecular weight excluding hydrogens is 329 g/mol. The van der Waals surface area contributed by atoms with Gasteiger partial charge in [-0.3, -0.25) is 4.79 Å². The second-order valence-electron chi connectivity index (χ2n) is 3.16. The first-order valence-corrected chi connectivity index (χ1v) is 6.22. The Kier molecular flexibility index (Phi) is 5.82. The van der Waals surface area contributed by atoms with Crippen LogP contribution in [0.1, 0.15) is 0 Å². The molecule has 0 heterocycles. The van der Waals surface area contributed by atoms with Crippen LogP contribution in [0.25, 0.3) is 0 Å². The van der Waals surface area contributed by atoms with Crippen LogP contribution in [0.3, 0.4) is 0 Å². The second-order valence-corrected chi connectivity index (χ2v) is 5.09. The van der Waals surface area contributed by atoms with Gasteiger partial charge in [0.25, 0.3) is 5.91 Å². The van der Waals surface area contributed by atoms with Crippen LogP contribution in [0, 0.1) is 0 Å². The molecule has 92 valence electrons. The Morgan fingerprint density at radius 2 is 2.12 bits per heavy atom. The van der Waals surface area contributed by atoms with Gasteiger partial charge in [0, 0.05) is 17.1 Å². The lowest BCUT2D eigenvalue weighted by Gasteiger charge is -2.07. The molecule has 0 unspecified atom stereocenters. The van der Waals surface area contributed by atoms with E-state index in [-0.39, 0.29) is 12.5 Å². The van der Waals surface area contributed by atoms with Crippen LogP contribution in [0.2, 0.25) is 10.0 Å². The maximum Gasteiger partial charge on any atom is 0.258 e. The second kappa shape index (κ2) is 6.89.